The Hall–Kier alpha value is -2.29. The number of nitrogens with two attached hydrogens (primary N) is 1. The molecule has 3 heteroatoms. The van der Waals surface area contributed by atoms with Gasteiger partial charge >= 0.3 is 0 Å². The van der Waals surface area contributed by atoms with Gasteiger partial charge in [-0.25, -0.2) is 4.98 Å². The van der Waals surface area contributed by atoms with Crippen molar-refractivity contribution in [1.29, 1.82) is 0 Å². The lowest BCUT2D eigenvalue weighted by Gasteiger charge is -2.04. The van der Waals surface area contributed by atoms with Crippen molar-refractivity contribution < 1.29 is 0 Å². The SMILES string of the molecule is Cc1cccc2nc(CCc3ccc(N)cc3)n(C)c12. The molecule has 0 bridgehead atoms. The van der Waals surface area contributed by atoms with Crippen LogP contribution >= 0.6 is 0 Å². The lowest BCUT2D eigenvalue weighted by atomic mass is 10.1. The molecule has 2 N–H and O–H groups in total. The Labute approximate surface area is 119 Å². The molecule has 0 atom stereocenters. The smallest absolute Gasteiger partial charge is 0.109 e. The minimum Gasteiger partial charge on any atom is -0.399 e. The monoisotopic (exact) mass is 265 g/mol. The van der Waals surface area contributed by atoms with Gasteiger partial charge in [0.2, 0.25) is 0 Å². The molecular formula is C17H19N3. The summed E-state index contributed by atoms with van der Waals surface area (Å²) in [6.45, 7) is 2.13. The molecule has 0 aliphatic rings. The number of nitrogens with zero attached hydrogens (tertiary/aromatic N) is 2. The number of imidazole rings is 1. The van der Waals surface area contributed by atoms with Crippen molar-refractivity contribution in [1.82, 2.24) is 9.55 Å². The number of hydrogen-bond donors (Lipinski definition) is 1. The molecule has 2 aromatic carbocycles. The van der Waals surface area contributed by atoms with Gasteiger partial charge in [0.05, 0.1) is 11.0 Å². The number of benzene rings is 2. The van der Waals surface area contributed by atoms with E-state index < -0.39 is 0 Å². The van der Waals surface area contributed by atoms with Crippen molar-refractivity contribution >= 4 is 16.7 Å². The average Bonchev–Trinajstić information content (AvgIpc) is 2.76. The van der Waals surface area contributed by atoms with E-state index in [4.69, 9.17) is 10.7 Å². The first-order chi connectivity index (χ1) is 9.65. The fourth-order valence-corrected chi connectivity index (χ4v) is 2.68. The van der Waals surface area contributed by atoms with E-state index in [1.165, 1.54) is 16.6 Å². The second-order valence-electron chi connectivity index (χ2n) is 5.27. The Balaban J connectivity index is 1.86. The van der Waals surface area contributed by atoms with Gasteiger partial charge in [-0.15, -0.1) is 0 Å². The number of rotatable bonds is 3. The Bertz CT molecular complexity index is 739. The zero-order valence-electron chi connectivity index (χ0n) is 11.9. The van der Waals surface area contributed by atoms with Crippen LogP contribution in [0.15, 0.2) is 42.5 Å². The standard InChI is InChI=1S/C17H19N3/c1-12-4-3-5-15-17(12)20(2)16(19-15)11-8-13-6-9-14(18)10-7-13/h3-7,9-10H,8,11,18H2,1-2H3. The molecule has 3 aromatic rings. The van der Waals surface area contributed by atoms with Gasteiger partial charge in [-0.3, -0.25) is 0 Å². The number of aromatic nitrogens is 2. The number of para-hydroxylation sites is 1. The zero-order valence-corrected chi connectivity index (χ0v) is 11.9. The van der Waals surface area contributed by atoms with Gasteiger partial charge in [-0.2, -0.15) is 0 Å². The van der Waals surface area contributed by atoms with E-state index in [9.17, 15) is 0 Å². The molecule has 0 saturated heterocycles. The molecule has 20 heavy (non-hydrogen) atoms. The number of nitrogen functional groups attached to an aromatic ring is 1. The van der Waals surface area contributed by atoms with Gasteiger partial charge in [-0.05, 0) is 42.7 Å². The molecule has 0 saturated carbocycles. The van der Waals surface area contributed by atoms with Crippen LogP contribution in [-0.2, 0) is 19.9 Å². The second-order valence-corrected chi connectivity index (χ2v) is 5.27. The fraction of sp³-hybridized carbons (Fsp3) is 0.235. The van der Waals surface area contributed by atoms with E-state index in [0.717, 1.165) is 29.9 Å². The quantitative estimate of drug-likeness (QED) is 0.739. The van der Waals surface area contributed by atoms with Crippen molar-refractivity contribution in [3.63, 3.8) is 0 Å². The van der Waals surface area contributed by atoms with E-state index >= 15 is 0 Å². The molecule has 102 valence electrons. The molecule has 0 aliphatic heterocycles. The van der Waals surface area contributed by atoms with Crippen molar-refractivity contribution in [2.24, 2.45) is 7.05 Å². The van der Waals surface area contributed by atoms with Crippen LogP contribution in [0.3, 0.4) is 0 Å². The minimum atomic E-state index is 0.812. The molecular weight excluding hydrogens is 246 g/mol. The Morgan fingerprint density at radius 3 is 2.50 bits per heavy atom. The number of fused-ring (bicyclic) bond motifs is 1. The van der Waals surface area contributed by atoms with E-state index in [1.54, 1.807) is 0 Å². The number of aryl methyl sites for hydroxylation is 4. The predicted molar refractivity (Wildman–Crippen MR) is 83.7 cm³/mol. The van der Waals surface area contributed by atoms with Crippen LogP contribution in [0.4, 0.5) is 5.69 Å². The molecule has 0 spiro atoms. The summed E-state index contributed by atoms with van der Waals surface area (Å²) < 4.78 is 2.21. The van der Waals surface area contributed by atoms with Crippen LogP contribution in [0, 0.1) is 6.92 Å². The molecule has 0 unspecified atom stereocenters. The summed E-state index contributed by atoms with van der Waals surface area (Å²) in [6.07, 6.45) is 1.92. The van der Waals surface area contributed by atoms with Gasteiger partial charge < -0.3 is 10.3 Å². The van der Waals surface area contributed by atoms with E-state index in [-0.39, 0.29) is 0 Å². The van der Waals surface area contributed by atoms with Crippen molar-refractivity contribution in [2.75, 3.05) is 5.73 Å². The highest BCUT2D eigenvalue weighted by Gasteiger charge is 2.09. The highest BCUT2D eigenvalue weighted by molar-refractivity contribution is 5.79. The summed E-state index contributed by atoms with van der Waals surface area (Å²) in [4.78, 5) is 4.74. The topological polar surface area (TPSA) is 43.8 Å². The largest absolute Gasteiger partial charge is 0.399 e. The Morgan fingerprint density at radius 2 is 1.80 bits per heavy atom. The van der Waals surface area contributed by atoms with Gasteiger partial charge in [0.15, 0.2) is 0 Å². The molecule has 0 amide bonds. The minimum absolute atomic E-state index is 0.812. The van der Waals surface area contributed by atoms with E-state index in [2.05, 4.69) is 48.9 Å². The maximum atomic E-state index is 5.71. The maximum absolute atomic E-state index is 5.71. The molecule has 1 aromatic heterocycles. The van der Waals surface area contributed by atoms with Crippen LogP contribution in [0.5, 0.6) is 0 Å². The summed E-state index contributed by atoms with van der Waals surface area (Å²) in [5.41, 5.74) is 11.4. The van der Waals surface area contributed by atoms with Crippen molar-refractivity contribution in [3.8, 4) is 0 Å². The first kappa shape index (κ1) is 12.7. The first-order valence-corrected chi connectivity index (χ1v) is 6.90. The first-order valence-electron chi connectivity index (χ1n) is 6.90. The van der Waals surface area contributed by atoms with E-state index in [1.807, 2.05) is 12.1 Å². The zero-order chi connectivity index (χ0) is 14.1. The van der Waals surface area contributed by atoms with Crippen molar-refractivity contribution in [2.45, 2.75) is 19.8 Å². The third-order valence-corrected chi connectivity index (χ3v) is 3.81. The molecule has 3 rings (SSSR count). The molecule has 3 nitrogen and oxygen atoms in total. The van der Waals surface area contributed by atoms with Crippen LogP contribution in [0.2, 0.25) is 0 Å². The van der Waals surface area contributed by atoms with Crippen LogP contribution in [0.25, 0.3) is 11.0 Å². The number of anilines is 1. The molecule has 1 heterocycles. The summed E-state index contributed by atoms with van der Waals surface area (Å²) in [7, 11) is 2.10. The predicted octanol–water partition coefficient (Wildman–Crippen LogP) is 3.25. The molecule has 0 aliphatic carbocycles. The van der Waals surface area contributed by atoms with Crippen LogP contribution < -0.4 is 5.73 Å². The third-order valence-electron chi connectivity index (χ3n) is 3.81. The molecule has 0 fully saturated rings. The van der Waals surface area contributed by atoms with Crippen molar-refractivity contribution in [3.05, 3.63) is 59.4 Å². The highest BCUT2D eigenvalue weighted by atomic mass is 15.1. The number of hydrogen-bond acceptors (Lipinski definition) is 2. The van der Waals surface area contributed by atoms with Gasteiger partial charge in [-0.1, -0.05) is 24.3 Å². The van der Waals surface area contributed by atoms with Crippen LogP contribution in [0.1, 0.15) is 17.0 Å². The van der Waals surface area contributed by atoms with E-state index in [0.29, 0.717) is 0 Å². The van der Waals surface area contributed by atoms with Gasteiger partial charge in [0.25, 0.3) is 0 Å². The Kier molecular flexibility index (Phi) is 3.18. The van der Waals surface area contributed by atoms with Gasteiger partial charge in [0.1, 0.15) is 5.82 Å². The lowest BCUT2D eigenvalue weighted by molar-refractivity contribution is 0.786. The summed E-state index contributed by atoms with van der Waals surface area (Å²) >= 11 is 0. The van der Waals surface area contributed by atoms with Gasteiger partial charge in [0, 0.05) is 19.2 Å². The average molecular weight is 265 g/mol. The summed E-state index contributed by atoms with van der Waals surface area (Å²) in [6, 6.07) is 14.4. The lowest BCUT2D eigenvalue weighted by Crippen LogP contribution is -2.01. The maximum Gasteiger partial charge on any atom is 0.109 e. The molecule has 0 radical (unpaired) electrons. The summed E-state index contributed by atoms with van der Waals surface area (Å²) in [5, 5.41) is 0. The fourth-order valence-electron chi connectivity index (χ4n) is 2.68. The van der Waals surface area contributed by atoms with Crippen LogP contribution in [-0.4, -0.2) is 9.55 Å². The Morgan fingerprint density at radius 1 is 1.05 bits per heavy atom. The second kappa shape index (κ2) is 5.00. The normalized spacial score (nSPS) is 11.1. The third kappa shape index (κ3) is 2.27. The summed E-state index contributed by atoms with van der Waals surface area (Å²) in [5.74, 6) is 1.13. The highest BCUT2D eigenvalue weighted by Crippen LogP contribution is 2.19.